The topological polar surface area (TPSA) is 59.4 Å². The van der Waals surface area contributed by atoms with E-state index in [2.05, 4.69) is 85.6 Å². The first-order valence-corrected chi connectivity index (χ1v) is 15.6. The fourth-order valence-electron chi connectivity index (χ4n) is 7.50. The number of hydrogen-bond acceptors (Lipinski definition) is 3. The van der Waals surface area contributed by atoms with Gasteiger partial charge in [0.25, 0.3) is 0 Å². The molecule has 9 aromatic rings. The van der Waals surface area contributed by atoms with E-state index < -0.39 is 18.1 Å². The highest BCUT2D eigenvalue weighted by atomic mass is 15.2. The maximum atomic E-state index is 8.84. The molecule has 0 unspecified atom stereocenters. The first-order chi connectivity index (χ1) is 25.1. The molecule has 5 nitrogen and oxygen atoms in total. The summed E-state index contributed by atoms with van der Waals surface area (Å²) in [7, 11) is 0. The summed E-state index contributed by atoms with van der Waals surface area (Å²) in [6.45, 7) is 4.42. The average molecular weight is 609 g/mol. The SMILES string of the molecule is [2H]c1c([2H])c([2H])c(-c2nc(-c3ccc4c(c3)C(C)(C)c3ccccc3-4)nc(-n3c4ccccc4c4c5[nH]c6ccccc6c5ccc43)n2)c([2H])c1[2H]. The van der Waals surface area contributed by atoms with E-state index in [0.717, 1.165) is 60.3 Å². The summed E-state index contributed by atoms with van der Waals surface area (Å²) in [6.07, 6.45) is 0. The van der Waals surface area contributed by atoms with Crippen LogP contribution in [-0.2, 0) is 5.41 Å². The molecule has 6 aromatic carbocycles. The molecular weight excluding hydrogens is 574 g/mol. The Bertz CT molecular complexity index is 2990. The van der Waals surface area contributed by atoms with Gasteiger partial charge in [-0.1, -0.05) is 123 Å². The number of para-hydroxylation sites is 2. The lowest BCUT2D eigenvalue weighted by molar-refractivity contribution is 0.660. The van der Waals surface area contributed by atoms with Gasteiger partial charge in [-0.2, -0.15) is 9.97 Å². The van der Waals surface area contributed by atoms with Crippen LogP contribution < -0.4 is 0 Å². The minimum atomic E-state index is -0.474. The average Bonchev–Trinajstić information content (AvgIpc) is 3.79. The summed E-state index contributed by atoms with van der Waals surface area (Å²) < 4.78 is 44.8. The largest absolute Gasteiger partial charge is 0.354 e. The molecule has 0 saturated heterocycles. The lowest BCUT2D eigenvalue weighted by atomic mass is 9.82. The van der Waals surface area contributed by atoms with E-state index in [9.17, 15) is 0 Å². The molecule has 0 bridgehead atoms. The lowest BCUT2D eigenvalue weighted by Crippen LogP contribution is -2.15. The van der Waals surface area contributed by atoms with Gasteiger partial charge in [0.2, 0.25) is 5.95 Å². The zero-order valence-corrected chi connectivity index (χ0v) is 25.6. The molecule has 0 spiro atoms. The molecule has 0 fully saturated rings. The Morgan fingerprint density at radius 1 is 0.617 bits per heavy atom. The Labute approximate surface area is 278 Å². The monoisotopic (exact) mass is 608 g/mol. The quantitative estimate of drug-likeness (QED) is 0.217. The van der Waals surface area contributed by atoms with Crippen molar-refractivity contribution < 1.29 is 6.85 Å². The third-order valence-corrected chi connectivity index (χ3v) is 9.70. The fraction of sp³-hybridized carbons (Fsp3) is 0.0714. The summed E-state index contributed by atoms with van der Waals surface area (Å²) in [5.41, 5.74) is 8.84. The van der Waals surface area contributed by atoms with Crippen LogP contribution in [0, 0.1) is 0 Å². The van der Waals surface area contributed by atoms with E-state index in [1.54, 1.807) is 0 Å². The Hall–Kier alpha value is -6.07. The summed E-state index contributed by atoms with van der Waals surface area (Å²) in [4.78, 5) is 18.6. The van der Waals surface area contributed by atoms with Crippen LogP contribution in [0.3, 0.4) is 0 Å². The standard InChI is InChI=1S/C42H29N5/c1-42(2)32-17-9-6-14-27(32)28-21-20-26(24-33(28)42)40-44-39(25-12-4-3-5-13-25)45-41(46-40)47-35-19-11-8-16-31(35)37-36(47)23-22-30-29-15-7-10-18-34(29)43-38(30)37/h3-24,43H,1-2H3/i3D,4D,5D,12D,13D. The molecule has 0 atom stereocenters. The highest BCUT2D eigenvalue weighted by molar-refractivity contribution is 6.25. The van der Waals surface area contributed by atoms with Crippen LogP contribution in [0.25, 0.3) is 83.5 Å². The van der Waals surface area contributed by atoms with Crippen LogP contribution in [0.2, 0.25) is 0 Å². The summed E-state index contributed by atoms with van der Waals surface area (Å²) in [5.74, 6) is 0.605. The van der Waals surface area contributed by atoms with Gasteiger partial charge in [-0.25, -0.2) is 4.98 Å². The zero-order valence-electron chi connectivity index (χ0n) is 30.6. The molecule has 1 aliphatic carbocycles. The second kappa shape index (κ2) is 9.47. The Morgan fingerprint density at radius 3 is 2.21 bits per heavy atom. The number of H-pyrrole nitrogens is 1. The number of nitrogens with one attached hydrogen (secondary N) is 1. The molecule has 0 aliphatic heterocycles. The molecule has 0 saturated carbocycles. The van der Waals surface area contributed by atoms with Crippen molar-refractivity contribution in [3.8, 4) is 39.9 Å². The van der Waals surface area contributed by atoms with E-state index in [4.69, 9.17) is 21.8 Å². The highest BCUT2D eigenvalue weighted by Crippen LogP contribution is 2.49. The van der Waals surface area contributed by atoms with Crippen molar-refractivity contribution in [2.75, 3.05) is 0 Å². The zero-order chi connectivity index (χ0) is 35.6. The van der Waals surface area contributed by atoms with Crippen molar-refractivity contribution in [2.24, 2.45) is 0 Å². The predicted molar refractivity (Wildman–Crippen MR) is 192 cm³/mol. The smallest absolute Gasteiger partial charge is 0.238 e. The van der Waals surface area contributed by atoms with Gasteiger partial charge < -0.3 is 4.98 Å². The van der Waals surface area contributed by atoms with Gasteiger partial charge in [-0.05, 0) is 46.5 Å². The van der Waals surface area contributed by atoms with Gasteiger partial charge in [-0.15, -0.1) is 0 Å². The molecule has 5 heteroatoms. The maximum absolute atomic E-state index is 8.84. The van der Waals surface area contributed by atoms with Crippen molar-refractivity contribution in [3.05, 3.63) is 144 Å². The van der Waals surface area contributed by atoms with Gasteiger partial charge in [-0.3, -0.25) is 4.57 Å². The number of rotatable bonds is 3. The Morgan fingerprint density at radius 2 is 1.34 bits per heavy atom. The number of aromatic nitrogens is 5. The molecule has 0 radical (unpaired) electrons. The second-order valence-corrected chi connectivity index (χ2v) is 12.6. The van der Waals surface area contributed by atoms with Crippen molar-refractivity contribution >= 4 is 43.6 Å². The van der Waals surface area contributed by atoms with Gasteiger partial charge in [0.05, 0.1) is 23.4 Å². The van der Waals surface area contributed by atoms with Crippen LogP contribution in [-0.4, -0.2) is 24.5 Å². The first kappa shape index (κ1) is 21.6. The molecule has 0 amide bonds. The normalized spacial score (nSPS) is 15.0. The van der Waals surface area contributed by atoms with Crippen molar-refractivity contribution in [2.45, 2.75) is 19.3 Å². The van der Waals surface area contributed by atoms with E-state index in [-0.39, 0.29) is 34.8 Å². The summed E-state index contributed by atoms with van der Waals surface area (Å²) in [6, 6.07) is 33.0. The van der Waals surface area contributed by atoms with Crippen LogP contribution >= 0.6 is 0 Å². The van der Waals surface area contributed by atoms with E-state index >= 15 is 0 Å². The van der Waals surface area contributed by atoms with Gasteiger partial charge >= 0.3 is 0 Å². The molecule has 1 aliphatic rings. The van der Waals surface area contributed by atoms with E-state index in [1.807, 2.05) is 41.0 Å². The van der Waals surface area contributed by atoms with Crippen molar-refractivity contribution in [3.63, 3.8) is 0 Å². The van der Waals surface area contributed by atoms with Crippen LogP contribution in [0.5, 0.6) is 0 Å². The Kier molecular flexibility index (Phi) is 4.36. The van der Waals surface area contributed by atoms with Gasteiger partial charge in [0, 0.05) is 43.6 Å². The third kappa shape index (κ3) is 3.68. The van der Waals surface area contributed by atoms with E-state index in [0.29, 0.717) is 5.82 Å². The third-order valence-electron chi connectivity index (χ3n) is 9.70. The number of aromatic amines is 1. The van der Waals surface area contributed by atoms with Crippen LogP contribution in [0.4, 0.5) is 0 Å². The number of benzene rings is 6. The number of hydrogen-bond donors (Lipinski definition) is 1. The molecule has 47 heavy (non-hydrogen) atoms. The molecule has 10 rings (SSSR count). The maximum Gasteiger partial charge on any atom is 0.238 e. The molecule has 1 N–H and O–H groups in total. The fourth-order valence-corrected chi connectivity index (χ4v) is 7.50. The van der Waals surface area contributed by atoms with Crippen molar-refractivity contribution in [1.29, 1.82) is 0 Å². The molecule has 222 valence electrons. The molecule has 3 aromatic heterocycles. The predicted octanol–water partition coefficient (Wildman–Crippen LogP) is 10.2. The van der Waals surface area contributed by atoms with Crippen molar-refractivity contribution in [1.82, 2.24) is 24.5 Å². The van der Waals surface area contributed by atoms with E-state index in [1.165, 1.54) is 11.1 Å². The number of nitrogens with zero attached hydrogens (tertiary/aromatic N) is 4. The highest BCUT2D eigenvalue weighted by Gasteiger charge is 2.35. The lowest BCUT2D eigenvalue weighted by Gasteiger charge is -2.21. The van der Waals surface area contributed by atoms with Crippen LogP contribution in [0.1, 0.15) is 31.8 Å². The van der Waals surface area contributed by atoms with Gasteiger partial charge in [0.1, 0.15) is 0 Å². The molecule has 3 heterocycles. The Balaban J connectivity index is 1.29. The number of fused-ring (bicyclic) bond motifs is 10. The minimum absolute atomic E-state index is 0.00216. The summed E-state index contributed by atoms with van der Waals surface area (Å²) >= 11 is 0. The second-order valence-electron chi connectivity index (χ2n) is 12.6. The molecular formula is C42H29N5. The first-order valence-electron chi connectivity index (χ1n) is 18.1. The van der Waals surface area contributed by atoms with Gasteiger partial charge in [0.15, 0.2) is 11.6 Å². The van der Waals surface area contributed by atoms with Crippen LogP contribution in [0.15, 0.2) is 133 Å². The summed E-state index contributed by atoms with van der Waals surface area (Å²) in [5, 5.41) is 4.23. The minimum Gasteiger partial charge on any atom is -0.354 e.